The van der Waals surface area contributed by atoms with Crippen molar-refractivity contribution in [1.82, 2.24) is 15.5 Å². The van der Waals surface area contributed by atoms with Crippen molar-refractivity contribution in [2.45, 2.75) is 26.2 Å². The van der Waals surface area contributed by atoms with Crippen LogP contribution in [0, 0.1) is 5.92 Å². The maximum absolute atomic E-state index is 5.25. The number of ether oxygens (including phenoxy) is 1. The first-order valence-electron chi connectivity index (χ1n) is 5.98. The van der Waals surface area contributed by atoms with Crippen LogP contribution in [0.15, 0.2) is 4.52 Å². The summed E-state index contributed by atoms with van der Waals surface area (Å²) in [5.41, 5.74) is 0. The van der Waals surface area contributed by atoms with Gasteiger partial charge in [0.15, 0.2) is 5.82 Å². The van der Waals surface area contributed by atoms with E-state index in [0.717, 1.165) is 44.3 Å². The third-order valence-electron chi connectivity index (χ3n) is 2.81. The molecule has 0 radical (unpaired) electrons. The molecule has 0 spiro atoms. The molecule has 1 saturated heterocycles. The molecule has 0 bridgehead atoms. The van der Waals surface area contributed by atoms with Crippen molar-refractivity contribution in [2.75, 3.05) is 26.3 Å². The summed E-state index contributed by atoms with van der Waals surface area (Å²) in [7, 11) is 0. The first-order valence-corrected chi connectivity index (χ1v) is 5.98. The van der Waals surface area contributed by atoms with Crippen LogP contribution in [0.4, 0.5) is 0 Å². The molecule has 0 aliphatic carbocycles. The van der Waals surface area contributed by atoms with Crippen molar-refractivity contribution < 1.29 is 9.26 Å². The normalized spacial score (nSPS) is 20.4. The first kappa shape index (κ1) is 11.5. The monoisotopic (exact) mass is 225 g/mol. The molecule has 1 aromatic heterocycles. The molecule has 1 aliphatic heterocycles. The number of hydrogen-bond donors (Lipinski definition) is 1. The average Bonchev–Trinajstić information content (AvgIpc) is 2.91. The summed E-state index contributed by atoms with van der Waals surface area (Å²) in [5, 5.41) is 7.27. The highest BCUT2D eigenvalue weighted by molar-refractivity contribution is 4.89. The van der Waals surface area contributed by atoms with E-state index in [-0.39, 0.29) is 0 Å². The molecule has 90 valence electrons. The molecule has 1 aromatic rings. The SMILES string of the molecule is CCOCCc1noc(CC2CCNC2)n1. The molecule has 0 amide bonds. The lowest BCUT2D eigenvalue weighted by atomic mass is 10.1. The minimum absolute atomic E-state index is 0.653. The second-order valence-corrected chi connectivity index (χ2v) is 4.11. The summed E-state index contributed by atoms with van der Waals surface area (Å²) in [6.45, 7) is 5.56. The molecule has 1 atom stereocenters. The summed E-state index contributed by atoms with van der Waals surface area (Å²) < 4.78 is 10.5. The van der Waals surface area contributed by atoms with Gasteiger partial charge in [0.05, 0.1) is 6.61 Å². The van der Waals surface area contributed by atoms with Crippen LogP contribution in [-0.4, -0.2) is 36.4 Å². The molecular weight excluding hydrogens is 206 g/mol. The highest BCUT2D eigenvalue weighted by atomic mass is 16.5. The van der Waals surface area contributed by atoms with Crippen LogP contribution in [0.25, 0.3) is 0 Å². The van der Waals surface area contributed by atoms with Gasteiger partial charge in [-0.3, -0.25) is 0 Å². The molecule has 0 aromatic carbocycles. The Kier molecular flexibility index (Phi) is 4.30. The Hall–Kier alpha value is -0.940. The van der Waals surface area contributed by atoms with E-state index < -0.39 is 0 Å². The molecule has 5 heteroatoms. The Labute approximate surface area is 95.6 Å². The quantitative estimate of drug-likeness (QED) is 0.726. The number of aromatic nitrogens is 2. The molecule has 1 aliphatic rings. The van der Waals surface area contributed by atoms with Gasteiger partial charge < -0.3 is 14.6 Å². The van der Waals surface area contributed by atoms with Gasteiger partial charge in [-0.1, -0.05) is 5.16 Å². The second-order valence-electron chi connectivity index (χ2n) is 4.11. The highest BCUT2D eigenvalue weighted by Gasteiger charge is 2.18. The lowest BCUT2D eigenvalue weighted by Crippen LogP contribution is -2.10. The largest absolute Gasteiger partial charge is 0.381 e. The summed E-state index contributed by atoms with van der Waals surface area (Å²) in [5.74, 6) is 2.18. The molecule has 5 nitrogen and oxygen atoms in total. The van der Waals surface area contributed by atoms with Gasteiger partial charge in [-0.15, -0.1) is 0 Å². The predicted octanol–water partition coefficient (Wildman–Crippen LogP) is 0.801. The van der Waals surface area contributed by atoms with Crippen molar-refractivity contribution in [3.8, 4) is 0 Å². The van der Waals surface area contributed by atoms with Gasteiger partial charge in [0, 0.05) is 19.4 Å². The van der Waals surface area contributed by atoms with Crippen molar-refractivity contribution in [2.24, 2.45) is 5.92 Å². The smallest absolute Gasteiger partial charge is 0.226 e. The minimum atomic E-state index is 0.653. The van der Waals surface area contributed by atoms with E-state index in [9.17, 15) is 0 Å². The predicted molar refractivity (Wildman–Crippen MR) is 59.2 cm³/mol. The Morgan fingerprint density at radius 3 is 3.25 bits per heavy atom. The standard InChI is InChI=1S/C11H19N3O2/c1-2-15-6-4-10-13-11(16-14-10)7-9-3-5-12-8-9/h9,12H,2-8H2,1H3. The highest BCUT2D eigenvalue weighted by Crippen LogP contribution is 2.13. The van der Waals surface area contributed by atoms with Gasteiger partial charge in [0.1, 0.15) is 0 Å². The molecule has 0 saturated carbocycles. The van der Waals surface area contributed by atoms with Gasteiger partial charge in [-0.25, -0.2) is 0 Å². The molecular formula is C11H19N3O2. The first-order chi connectivity index (χ1) is 7.88. The van der Waals surface area contributed by atoms with Gasteiger partial charge in [-0.05, 0) is 32.4 Å². The van der Waals surface area contributed by atoms with Gasteiger partial charge in [-0.2, -0.15) is 4.98 Å². The van der Waals surface area contributed by atoms with Crippen LogP contribution in [-0.2, 0) is 17.6 Å². The number of hydrogen-bond acceptors (Lipinski definition) is 5. The lowest BCUT2D eigenvalue weighted by Gasteiger charge is -2.01. The molecule has 16 heavy (non-hydrogen) atoms. The van der Waals surface area contributed by atoms with Crippen LogP contribution >= 0.6 is 0 Å². The summed E-state index contributed by atoms with van der Waals surface area (Å²) in [6, 6.07) is 0. The topological polar surface area (TPSA) is 60.2 Å². The number of nitrogens with one attached hydrogen (secondary N) is 1. The average molecular weight is 225 g/mol. The Bertz CT molecular complexity index is 308. The van der Waals surface area contributed by atoms with Crippen LogP contribution in [0.2, 0.25) is 0 Å². The van der Waals surface area contributed by atoms with Gasteiger partial charge in [0.2, 0.25) is 5.89 Å². The van der Waals surface area contributed by atoms with E-state index in [0.29, 0.717) is 12.5 Å². The van der Waals surface area contributed by atoms with Gasteiger partial charge >= 0.3 is 0 Å². The zero-order valence-electron chi connectivity index (χ0n) is 9.74. The Balaban J connectivity index is 1.77. The second kappa shape index (κ2) is 5.96. The van der Waals surface area contributed by atoms with E-state index in [1.165, 1.54) is 6.42 Å². The van der Waals surface area contributed by atoms with Gasteiger partial charge in [0.25, 0.3) is 0 Å². The summed E-state index contributed by atoms with van der Waals surface area (Å²) in [4.78, 5) is 4.36. The van der Waals surface area contributed by atoms with Crippen molar-refractivity contribution >= 4 is 0 Å². The summed E-state index contributed by atoms with van der Waals surface area (Å²) >= 11 is 0. The van der Waals surface area contributed by atoms with E-state index in [4.69, 9.17) is 9.26 Å². The minimum Gasteiger partial charge on any atom is -0.381 e. The maximum Gasteiger partial charge on any atom is 0.226 e. The zero-order chi connectivity index (χ0) is 11.2. The number of rotatable bonds is 6. The fourth-order valence-corrected chi connectivity index (χ4v) is 1.92. The molecule has 1 unspecified atom stereocenters. The molecule has 2 heterocycles. The van der Waals surface area contributed by atoms with Crippen molar-refractivity contribution in [3.63, 3.8) is 0 Å². The Morgan fingerprint density at radius 2 is 2.50 bits per heavy atom. The fourth-order valence-electron chi connectivity index (χ4n) is 1.92. The third-order valence-corrected chi connectivity index (χ3v) is 2.81. The van der Waals surface area contributed by atoms with Crippen LogP contribution in [0.3, 0.4) is 0 Å². The molecule has 1 fully saturated rings. The van der Waals surface area contributed by atoms with Crippen molar-refractivity contribution in [1.29, 1.82) is 0 Å². The third kappa shape index (κ3) is 3.28. The molecule has 1 N–H and O–H groups in total. The summed E-state index contributed by atoms with van der Waals surface area (Å²) in [6.07, 6.45) is 2.84. The maximum atomic E-state index is 5.25. The van der Waals surface area contributed by atoms with Crippen LogP contribution in [0.1, 0.15) is 25.1 Å². The fraction of sp³-hybridized carbons (Fsp3) is 0.818. The van der Waals surface area contributed by atoms with Crippen LogP contribution in [0.5, 0.6) is 0 Å². The zero-order valence-corrected chi connectivity index (χ0v) is 9.74. The Morgan fingerprint density at radius 1 is 1.56 bits per heavy atom. The van der Waals surface area contributed by atoms with E-state index in [1.54, 1.807) is 0 Å². The molecule has 2 rings (SSSR count). The van der Waals surface area contributed by atoms with Crippen LogP contribution < -0.4 is 5.32 Å². The van der Waals surface area contributed by atoms with E-state index in [2.05, 4.69) is 15.5 Å². The van der Waals surface area contributed by atoms with E-state index in [1.807, 2.05) is 6.92 Å². The lowest BCUT2D eigenvalue weighted by molar-refractivity contribution is 0.149. The van der Waals surface area contributed by atoms with Crippen molar-refractivity contribution in [3.05, 3.63) is 11.7 Å². The van der Waals surface area contributed by atoms with E-state index >= 15 is 0 Å². The number of nitrogens with zero attached hydrogens (tertiary/aromatic N) is 2.